The van der Waals surface area contributed by atoms with Gasteiger partial charge in [-0.1, -0.05) is 43.3 Å². The first-order valence-corrected chi connectivity index (χ1v) is 10.3. The van der Waals surface area contributed by atoms with E-state index in [9.17, 15) is 9.59 Å². The Morgan fingerprint density at radius 3 is 2.66 bits per heavy atom. The molecule has 0 aliphatic carbocycles. The van der Waals surface area contributed by atoms with E-state index in [2.05, 4.69) is 35.8 Å². The van der Waals surface area contributed by atoms with Crippen LogP contribution in [0, 0.1) is 5.92 Å². The van der Waals surface area contributed by atoms with Gasteiger partial charge >= 0.3 is 0 Å². The van der Waals surface area contributed by atoms with E-state index in [1.165, 1.54) is 0 Å². The van der Waals surface area contributed by atoms with Crippen molar-refractivity contribution in [3.63, 3.8) is 0 Å². The van der Waals surface area contributed by atoms with Crippen LogP contribution in [-0.4, -0.2) is 52.8 Å². The second kappa shape index (κ2) is 10.0. The minimum atomic E-state index is -0.234. The van der Waals surface area contributed by atoms with Crippen molar-refractivity contribution in [3.8, 4) is 11.1 Å². The molecule has 1 aromatic carbocycles. The Morgan fingerprint density at radius 1 is 1.21 bits per heavy atom. The van der Waals surface area contributed by atoms with Crippen LogP contribution in [-0.2, 0) is 16.0 Å². The van der Waals surface area contributed by atoms with Crippen LogP contribution < -0.4 is 0 Å². The first-order valence-electron chi connectivity index (χ1n) is 10.3. The van der Waals surface area contributed by atoms with Crippen LogP contribution in [0.3, 0.4) is 0 Å². The van der Waals surface area contributed by atoms with E-state index in [4.69, 9.17) is 0 Å². The van der Waals surface area contributed by atoms with Crippen LogP contribution in [0.15, 0.2) is 61.4 Å². The maximum absolute atomic E-state index is 13.1. The molecule has 152 valence electrons. The molecule has 3 rings (SSSR count). The lowest BCUT2D eigenvalue weighted by atomic mass is 9.96. The summed E-state index contributed by atoms with van der Waals surface area (Å²) < 4.78 is 0. The van der Waals surface area contributed by atoms with Gasteiger partial charge in [-0.25, -0.2) is 0 Å². The van der Waals surface area contributed by atoms with E-state index in [0.29, 0.717) is 39.0 Å². The number of nitrogens with zero attached hydrogens (tertiary/aromatic N) is 3. The van der Waals surface area contributed by atoms with Gasteiger partial charge in [-0.05, 0) is 35.6 Å². The smallest absolute Gasteiger partial charge is 0.228 e. The second-order valence-corrected chi connectivity index (χ2v) is 7.50. The first-order chi connectivity index (χ1) is 14.1. The van der Waals surface area contributed by atoms with E-state index in [1.807, 2.05) is 35.1 Å². The fourth-order valence-corrected chi connectivity index (χ4v) is 3.78. The number of carbonyl (C=O) groups is 2. The molecule has 0 saturated carbocycles. The SMILES string of the molecule is C=CCN1CCN(C(=O)CCC)C[C@H](Cc2ccc(-c3cccnc3)cc2)C1=O. The highest BCUT2D eigenvalue weighted by atomic mass is 16.2. The molecule has 0 unspecified atom stereocenters. The highest BCUT2D eigenvalue weighted by molar-refractivity contribution is 5.82. The van der Waals surface area contributed by atoms with Crippen LogP contribution in [0.4, 0.5) is 0 Å². The average Bonchev–Trinajstić information content (AvgIpc) is 2.90. The Labute approximate surface area is 173 Å². The quantitative estimate of drug-likeness (QED) is 0.678. The normalized spacial score (nSPS) is 17.1. The summed E-state index contributed by atoms with van der Waals surface area (Å²) >= 11 is 0. The maximum Gasteiger partial charge on any atom is 0.228 e. The lowest BCUT2D eigenvalue weighted by molar-refractivity contribution is -0.134. The zero-order chi connectivity index (χ0) is 20.6. The Balaban J connectivity index is 1.77. The minimum absolute atomic E-state index is 0.105. The first kappa shape index (κ1) is 20.8. The van der Waals surface area contributed by atoms with E-state index in [-0.39, 0.29) is 17.7 Å². The monoisotopic (exact) mass is 391 g/mol. The van der Waals surface area contributed by atoms with Gasteiger partial charge in [0.2, 0.25) is 11.8 Å². The van der Waals surface area contributed by atoms with Crippen LogP contribution in [0.1, 0.15) is 25.3 Å². The van der Waals surface area contributed by atoms with Gasteiger partial charge in [-0.15, -0.1) is 6.58 Å². The summed E-state index contributed by atoms with van der Waals surface area (Å²) in [5.41, 5.74) is 3.26. The van der Waals surface area contributed by atoms with Crippen LogP contribution in [0.5, 0.6) is 0 Å². The number of pyridine rings is 1. The Kier molecular flexibility index (Phi) is 7.17. The van der Waals surface area contributed by atoms with Gasteiger partial charge in [0, 0.05) is 45.0 Å². The molecule has 1 atom stereocenters. The molecule has 2 amide bonds. The maximum atomic E-state index is 13.1. The number of carbonyl (C=O) groups excluding carboxylic acids is 2. The van der Waals surface area contributed by atoms with Crippen molar-refractivity contribution in [1.82, 2.24) is 14.8 Å². The van der Waals surface area contributed by atoms with Crippen LogP contribution in [0.25, 0.3) is 11.1 Å². The summed E-state index contributed by atoms with van der Waals surface area (Å²) in [5, 5.41) is 0. The summed E-state index contributed by atoms with van der Waals surface area (Å²) in [6.07, 6.45) is 7.32. The number of rotatable bonds is 7. The summed E-state index contributed by atoms with van der Waals surface area (Å²) in [6.45, 7) is 7.94. The van der Waals surface area contributed by atoms with E-state index in [1.54, 1.807) is 12.3 Å². The third kappa shape index (κ3) is 5.31. The van der Waals surface area contributed by atoms with Gasteiger partial charge in [-0.3, -0.25) is 14.6 Å². The number of amides is 2. The standard InChI is InChI=1S/C24H29N3O2/c1-3-6-23(28)27-15-14-26(13-4-2)24(29)22(18-27)16-19-8-10-20(11-9-19)21-7-5-12-25-17-21/h4-5,7-12,17,22H,2-3,6,13-16,18H2,1H3/t22-/m0/s1. The Morgan fingerprint density at radius 2 is 2.00 bits per heavy atom. The van der Waals surface area contributed by atoms with Crippen molar-refractivity contribution in [3.05, 3.63) is 67.0 Å². The zero-order valence-electron chi connectivity index (χ0n) is 17.1. The molecular weight excluding hydrogens is 362 g/mol. The minimum Gasteiger partial charge on any atom is -0.340 e. The van der Waals surface area contributed by atoms with E-state index in [0.717, 1.165) is 23.1 Å². The van der Waals surface area contributed by atoms with Crippen molar-refractivity contribution < 1.29 is 9.59 Å². The summed E-state index contributed by atoms with van der Waals surface area (Å²) in [4.78, 5) is 33.4. The van der Waals surface area contributed by atoms with Crippen LogP contribution >= 0.6 is 0 Å². The molecule has 1 aliphatic rings. The van der Waals surface area contributed by atoms with Crippen molar-refractivity contribution in [1.29, 1.82) is 0 Å². The molecule has 0 radical (unpaired) electrons. The molecule has 5 heteroatoms. The molecule has 0 bridgehead atoms. The molecule has 0 spiro atoms. The third-order valence-electron chi connectivity index (χ3n) is 5.34. The third-order valence-corrected chi connectivity index (χ3v) is 5.34. The summed E-state index contributed by atoms with van der Waals surface area (Å²) in [7, 11) is 0. The lowest BCUT2D eigenvalue weighted by Gasteiger charge is -2.23. The highest BCUT2D eigenvalue weighted by Crippen LogP contribution is 2.22. The number of aromatic nitrogens is 1. The molecule has 1 saturated heterocycles. The summed E-state index contributed by atoms with van der Waals surface area (Å²) in [6, 6.07) is 12.2. The zero-order valence-corrected chi connectivity index (χ0v) is 17.1. The molecule has 0 N–H and O–H groups in total. The fraction of sp³-hybridized carbons (Fsp3) is 0.375. The predicted molar refractivity (Wildman–Crippen MR) is 115 cm³/mol. The predicted octanol–water partition coefficient (Wildman–Crippen LogP) is 3.56. The molecule has 2 aromatic rings. The average molecular weight is 392 g/mol. The van der Waals surface area contributed by atoms with Gasteiger partial charge in [0.15, 0.2) is 0 Å². The van der Waals surface area contributed by atoms with Gasteiger partial charge in [0.05, 0.1) is 5.92 Å². The fourth-order valence-electron chi connectivity index (χ4n) is 3.78. The molecule has 1 aromatic heterocycles. The molecule has 1 aliphatic heterocycles. The Bertz CT molecular complexity index is 833. The summed E-state index contributed by atoms with van der Waals surface area (Å²) in [5.74, 6) is 0.00760. The topological polar surface area (TPSA) is 53.5 Å². The Hall–Kier alpha value is -2.95. The van der Waals surface area contributed by atoms with Crippen molar-refractivity contribution in [2.75, 3.05) is 26.2 Å². The molecular formula is C24H29N3O2. The van der Waals surface area contributed by atoms with Gasteiger partial charge < -0.3 is 9.80 Å². The molecule has 2 heterocycles. The van der Waals surface area contributed by atoms with Gasteiger partial charge in [0.1, 0.15) is 0 Å². The van der Waals surface area contributed by atoms with Crippen molar-refractivity contribution in [2.24, 2.45) is 5.92 Å². The van der Waals surface area contributed by atoms with E-state index >= 15 is 0 Å². The highest BCUT2D eigenvalue weighted by Gasteiger charge is 2.31. The van der Waals surface area contributed by atoms with Crippen molar-refractivity contribution >= 4 is 11.8 Å². The second-order valence-electron chi connectivity index (χ2n) is 7.50. The molecule has 5 nitrogen and oxygen atoms in total. The molecule has 1 fully saturated rings. The van der Waals surface area contributed by atoms with Crippen LogP contribution in [0.2, 0.25) is 0 Å². The lowest BCUT2D eigenvalue weighted by Crippen LogP contribution is -2.38. The number of hydrogen-bond acceptors (Lipinski definition) is 3. The largest absolute Gasteiger partial charge is 0.340 e. The molecule has 29 heavy (non-hydrogen) atoms. The number of hydrogen-bond donors (Lipinski definition) is 0. The van der Waals surface area contributed by atoms with Gasteiger partial charge in [0.25, 0.3) is 0 Å². The van der Waals surface area contributed by atoms with Crippen molar-refractivity contribution in [2.45, 2.75) is 26.2 Å². The van der Waals surface area contributed by atoms with E-state index < -0.39 is 0 Å². The van der Waals surface area contributed by atoms with Gasteiger partial charge in [-0.2, -0.15) is 0 Å². The number of benzene rings is 1.